The molecule has 94 valence electrons. The highest BCUT2D eigenvalue weighted by atomic mass is 16.4. The molecule has 0 saturated heterocycles. The molecule has 2 rings (SSSR count). The van der Waals surface area contributed by atoms with Crippen LogP contribution in [0.15, 0.2) is 36.5 Å². The molecule has 1 heterocycles. The van der Waals surface area contributed by atoms with E-state index in [2.05, 4.69) is 5.10 Å². The zero-order valence-corrected chi connectivity index (χ0v) is 9.52. The van der Waals surface area contributed by atoms with Crippen LogP contribution in [-0.4, -0.2) is 26.0 Å². The van der Waals surface area contributed by atoms with Crippen LogP contribution in [-0.2, 0) is 6.54 Å². The molecule has 1 aromatic carbocycles. The summed E-state index contributed by atoms with van der Waals surface area (Å²) in [5.74, 6) is -1.09. The van der Waals surface area contributed by atoms with Gasteiger partial charge >= 0.3 is 5.97 Å². The van der Waals surface area contributed by atoms with Gasteiger partial charge in [-0.3, -0.25) is 0 Å². The monoisotopic (exact) mass is 247 g/mol. The summed E-state index contributed by atoms with van der Waals surface area (Å²) >= 11 is 0. The van der Waals surface area contributed by atoms with Crippen LogP contribution in [0, 0.1) is 0 Å². The number of hydrogen-bond donors (Lipinski definition) is 3. The van der Waals surface area contributed by atoms with Gasteiger partial charge in [0.15, 0.2) is 0 Å². The van der Waals surface area contributed by atoms with Gasteiger partial charge in [-0.05, 0) is 5.56 Å². The first-order valence-electron chi connectivity index (χ1n) is 5.37. The van der Waals surface area contributed by atoms with Gasteiger partial charge in [-0.25, -0.2) is 9.48 Å². The summed E-state index contributed by atoms with van der Waals surface area (Å²) < 4.78 is 1.28. The van der Waals surface area contributed by atoms with Gasteiger partial charge in [-0.2, -0.15) is 5.10 Å². The summed E-state index contributed by atoms with van der Waals surface area (Å²) in [4.78, 5) is 10.8. The van der Waals surface area contributed by atoms with E-state index in [0.717, 1.165) is 5.56 Å². The number of nitrogen functional groups attached to an aromatic ring is 1. The van der Waals surface area contributed by atoms with E-state index in [4.69, 9.17) is 10.8 Å². The van der Waals surface area contributed by atoms with Gasteiger partial charge in [-0.15, -0.1) is 0 Å². The molecule has 0 spiro atoms. The lowest BCUT2D eigenvalue weighted by molar-refractivity contribution is 0.0697. The molecule has 0 bridgehead atoms. The topological polar surface area (TPSA) is 101 Å². The summed E-state index contributed by atoms with van der Waals surface area (Å²) in [5.41, 5.74) is 6.31. The van der Waals surface area contributed by atoms with Crippen LogP contribution < -0.4 is 5.73 Å². The SMILES string of the molecule is Nc1c(C(=O)O)cnn1CC(O)c1ccccc1. The number of aromatic nitrogens is 2. The molecule has 0 saturated carbocycles. The summed E-state index contributed by atoms with van der Waals surface area (Å²) in [6.45, 7) is 0.114. The zero-order valence-electron chi connectivity index (χ0n) is 9.52. The molecule has 1 atom stereocenters. The Morgan fingerprint density at radius 1 is 1.39 bits per heavy atom. The van der Waals surface area contributed by atoms with Crippen LogP contribution in [0.2, 0.25) is 0 Å². The molecule has 2 aromatic rings. The normalized spacial score (nSPS) is 12.3. The number of aliphatic hydroxyl groups is 1. The first-order valence-corrected chi connectivity index (χ1v) is 5.37. The molecule has 4 N–H and O–H groups in total. The number of nitrogens with two attached hydrogens (primary N) is 1. The van der Waals surface area contributed by atoms with Crippen molar-refractivity contribution in [1.82, 2.24) is 9.78 Å². The molecular weight excluding hydrogens is 234 g/mol. The number of carboxylic acid groups (broad SMARTS) is 1. The minimum Gasteiger partial charge on any atom is -0.477 e. The van der Waals surface area contributed by atoms with Crippen LogP contribution in [0.4, 0.5) is 5.82 Å². The second kappa shape index (κ2) is 4.89. The lowest BCUT2D eigenvalue weighted by Gasteiger charge is -2.12. The summed E-state index contributed by atoms with van der Waals surface area (Å²) in [6, 6.07) is 9.04. The number of carboxylic acids is 1. The van der Waals surface area contributed by atoms with Crippen molar-refractivity contribution in [1.29, 1.82) is 0 Å². The number of rotatable bonds is 4. The van der Waals surface area contributed by atoms with Crippen molar-refractivity contribution in [2.24, 2.45) is 0 Å². The van der Waals surface area contributed by atoms with Gasteiger partial charge in [0.1, 0.15) is 11.4 Å². The van der Waals surface area contributed by atoms with Gasteiger partial charge in [0.2, 0.25) is 0 Å². The third kappa shape index (κ3) is 2.33. The molecule has 0 fully saturated rings. The van der Waals surface area contributed by atoms with Crippen LogP contribution >= 0.6 is 0 Å². The molecule has 6 nitrogen and oxygen atoms in total. The fourth-order valence-electron chi connectivity index (χ4n) is 1.65. The molecule has 0 amide bonds. The third-order valence-electron chi connectivity index (χ3n) is 2.64. The molecule has 0 aliphatic carbocycles. The maximum absolute atomic E-state index is 10.8. The number of anilines is 1. The second-order valence-electron chi connectivity index (χ2n) is 3.86. The van der Waals surface area contributed by atoms with E-state index >= 15 is 0 Å². The standard InChI is InChI=1S/C12H13N3O3/c13-11-9(12(17)18)6-14-15(11)7-10(16)8-4-2-1-3-5-8/h1-6,10,16H,7,13H2,(H,17,18). The Labute approximate surface area is 103 Å². The molecule has 1 aromatic heterocycles. The van der Waals surface area contributed by atoms with Crippen molar-refractivity contribution in [2.45, 2.75) is 12.6 Å². The van der Waals surface area contributed by atoms with E-state index in [0.29, 0.717) is 0 Å². The highest BCUT2D eigenvalue weighted by Crippen LogP contribution is 2.18. The lowest BCUT2D eigenvalue weighted by Crippen LogP contribution is -2.13. The highest BCUT2D eigenvalue weighted by Gasteiger charge is 2.16. The molecule has 0 radical (unpaired) electrons. The van der Waals surface area contributed by atoms with Crippen molar-refractivity contribution in [3.8, 4) is 0 Å². The first kappa shape index (κ1) is 12.1. The Bertz CT molecular complexity index is 551. The van der Waals surface area contributed by atoms with E-state index in [1.54, 1.807) is 12.1 Å². The predicted molar refractivity (Wildman–Crippen MR) is 65.0 cm³/mol. The Hall–Kier alpha value is -2.34. The smallest absolute Gasteiger partial charge is 0.341 e. The molecule has 0 aliphatic rings. The van der Waals surface area contributed by atoms with Gasteiger partial charge in [0.05, 0.1) is 18.8 Å². The van der Waals surface area contributed by atoms with Crippen molar-refractivity contribution in [3.05, 3.63) is 47.7 Å². The van der Waals surface area contributed by atoms with Gasteiger partial charge in [0, 0.05) is 0 Å². The third-order valence-corrected chi connectivity index (χ3v) is 2.64. The average molecular weight is 247 g/mol. The van der Waals surface area contributed by atoms with Crippen LogP contribution in [0.1, 0.15) is 22.0 Å². The Balaban J connectivity index is 2.17. The van der Waals surface area contributed by atoms with Gasteiger partial charge < -0.3 is 15.9 Å². The van der Waals surface area contributed by atoms with Crippen molar-refractivity contribution in [3.63, 3.8) is 0 Å². The van der Waals surface area contributed by atoms with Crippen molar-refractivity contribution in [2.75, 3.05) is 5.73 Å². The van der Waals surface area contributed by atoms with E-state index in [1.165, 1.54) is 10.9 Å². The summed E-state index contributed by atoms with van der Waals surface area (Å²) in [7, 11) is 0. The van der Waals surface area contributed by atoms with Gasteiger partial charge in [0.25, 0.3) is 0 Å². The van der Waals surface area contributed by atoms with Crippen LogP contribution in [0.5, 0.6) is 0 Å². The minimum atomic E-state index is -1.13. The Morgan fingerprint density at radius 3 is 2.61 bits per heavy atom. The molecule has 6 heteroatoms. The van der Waals surface area contributed by atoms with Crippen LogP contribution in [0.25, 0.3) is 0 Å². The Kier molecular flexibility index (Phi) is 3.29. The molecule has 18 heavy (non-hydrogen) atoms. The number of nitrogens with zero attached hydrogens (tertiary/aromatic N) is 2. The second-order valence-corrected chi connectivity index (χ2v) is 3.86. The van der Waals surface area contributed by atoms with E-state index in [9.17, 15) is 9.90 Å². The predicted octanol–water partition coefficient (Wildman–Crippen LogP) is 0.897. The maximum atomic E-state index is 10.8. The highest BCUT2D eigenvalue weighted by molar-refractivity contribution is 5.92. The van der Waals surface area contributed by atoms with E-state index in [1.807, 2.05) is 18.2 Å². The number of aliphatic hydroxyl groups excluding tert-OH is 1. The van der Waals surface area contributed by atoms with Crippen molar-refractivity contribution < 1.29 is 15.0 Å². The fourth-order valence-corrected chi connectivity index (χ4v) is 1.65. The maximum Gasteiger partial charge on any atom is 0.341 e. The first-order chi connectivity index (χ1) is 8.59. The molecule has 0 aliphatic heterocycles. The lowest BCUT2D eigenvalue weighted by atomic mass is 10.1. The number of carbonyl (C=O) groups is 1. The van der Waals surface area contributed by atoms with E-state index < -0.39 is 12.1 Å². The zero-order chi connectivity index (χ0) is 13.1. The minimum absolute atomic E-state index is 0.0393. The molecular formula is C12H13N3O3. The number of benzene rings is 1. The molecule has 1 unspecified atom stereocenters. The summed E-state index contributed by atoms with van der Waals surface area (Å²) in [6.07, 6.45) is 0.394. The average Bonchev–Trinajstić information content (AvgIpc) is 2.72. The Morgan fingerprint density at radius 2 is 2.06 bits per heavy atom. The quantitative estimate of drug-likeness (QED) is 0.745. The van der Waals surface area contributed by atoms with Crippen LogP contribution in [0.3, 0.4) is 0 Å². The summed E-state index contributed by atoms with van der Waals surface area (Å²) in [5, 5.41) is 22.7. The largest absolute Gasteiger partial charge is 0.477 e. The fraction of sp³-hybridized carbons (Fsp3) is 0.167. The van der Waals surface area contributed by atoms with Crippen molar-refractivity contribution >= 4 is 11.8 Å². The van der Waals surface area contributed by atoms with Gasteiger partial charge in [-0.1, -0.05) is 30.3 Å². The van der Waals surface area contributed by atoms with E-state index in [-0.39, 0.29) is 17.9 Å². The number of aromatic carboxylic acids is 1. The number of hydrogen-bond acceptors (Lipinski definition) is 4.